The number of nitrogens with one attached hydrogen (secondary N) is 2. The first-order valence-corrected chi connectivity index (χ1v) is 6.23. The normalized spacial score (nSPS) is 30.5. The van der Waals surface area contributed by atoms with E-state index < -0.39 is 5.60 Å². The Balaban J connectivity index is 1.76. The van der Waals surface area contributed by atoms with E-state index in [2.05, 4.69) is 23.3 Å². The van der Waals surface area contributed by atoms with Crippen LogP contribution in [0.15, 0.2) is 18.3 Å². The second-order valence-electron chi connectivity index (χ2n) is 5.22. The van der Waals surface area contributed by atoms with E-state index in [-0.39, 0.29) is 0 Å². The monoisotopic (exact) mass is 222 g/mol. The smallest absolute Gasteiger partial charge is 0.0774 e. The first-order chi connectivity index (χ1) is 7.68. The molecule has 0 aromatic carbocycles. The Morgan fingerprint density at radius 1 is 1.62 bits per heavy atom. The number of H-pyrrole nitrogens is 1. The van der Waals surface area contributed by atoms with Crippen LogP contribution in [0.2, 0.25) is 0 Å². The van der Waals surface area contributed by atoms with E-state index in [1.165, 1.54) is 12.1 Å². The topological polar surface area (TPSA) is 48.0 Å². The summed E-state index contributed by atoms with van der Waals surface area (Å²) in [5.41, 5.74) is 0.692. The zero-order chi connectivity index (χ0) is 11.4. The van der Waals surface area contributed by atoms with Crippen LogP contribution in [0.25, 0.3) is 0 Å². The summed E-state index contributed by atoms with van der Waals surface area (Å²) in [6, 6.07) is 4.05. The number of hydrogen-bond donors (Lipinski definition) is 3. The average molecular weight is 222 g/mol. The van der Waals surface area contributed by atoms with Crippen LogP contribution in [0.4, 0.5) is 0 Å². The van der Waals surface area contributed by atoms with Gasteiger partial charge in [0.05, 0.1) is 5.60 Å². The molecule has 2 rings (SSSR count). The molecule has 16 heavy (non-hydrogen) atoms. The number of aromatic nitrogens is 1. The SMILES string of the molecule is CC1CCCC(O)(CNCc2ccc[nH]2)C1. The number of aromatic amines is 1. The molecule has 0 aliphatic heterocycles. The third kappa shape index (κ3) is 3.09. The van der Waals surface area contributed by atoms with Gasteiger partial charge in [-0.25, -0.2) is 0 Å². The molecule has 1 fully saturated rings. The maximum Gasteiger partial charge on any atom is 0.0774 e. The van der Waals surface area contributed by atoms with Gasteiger partial charge < -0.3 is 15.4 Å². The predicted octanol–water partition coefficient (Wildman–Crippen LogP) is 2.05. The minimum Gasteiger partial charge on any atom is -0.389 e. The number of hydrogen-bond acceptors (Lipinski definition) is 2. The second kappa shape index (κ2) is 5.02. The molecule has 1 aromatic rings. The van der Waals surface area contributed by atoms with Crippen molar-refractivity contribution in [1.82, 2.24) is 10.3 Å². The van der Waals surface area contributed by atoms with Crippen LogP contribution in [0.5, 0.6) is 0 Å². The van der Waals surface area contributed by atoms with Crippen molar-refractivity contribution in [3.63, 3.8) is 0 Å². The Morgan fingerprint density at radius 3 is 3.19 bits per heavy atom. The van der Waals surface area contributed by atoms with Gasteiger partial charge in [-0.05, 0) is 30.9 Å². The van der Waals surface area contributed by atoms with Gasteiger partial charge in [0, 0.05) is 25.0 Å². The van der Waals surface area contributed by atoms with Crippen molar-refractivity contribution in [2.24, 2.45) is 5.92 Å². The zero-order valence-electron chi connectivity index (χ0n) is 10.00. The van der Waals surface area contributed by atoms with Crippen LogP contribution < -0.4 is 5.32 Å². The highest BCUT2D eigenvalue weighted by atomic mass is 16.3. The molecule has 3 N–H and O–H groups in total. The summed E-state index contributed by atoms with van der Waals surface area (Å²) < 4.78 is 0. The minimum absolute atomic E-state index is 0.482. The fourth-order valence-corrected chi connectivity index (χ4v) is 2.70. The highest BCUT2D eigenvalue weighted by Gasteiger charge is 2.31. The highest BCUT2D eigenvalue weighted by molar-refractivity contribution is 5.03. The molecule has 3 heteroatoms. The molecule has 1 heterocycles. The predicted molar refractivity (Wildman–Crippen MR) is 65.1 cm³/mol. The first kappa shape index (κ1) is 11.7. The third-order valence-corrected chi connectivity index (χ3v) is 3.50. The molecule has 90 valence electrons. The fourth-order valence-electron chi connectivity index (χ4n) is 2.70. The first-order valence-electron chi connectivity index (χ1n) is 6.23. The lowest BCUT2D eigenvalue weighted by atomic mass is 9.79. The molecule has 0 spiro atoms. The Hall–Kier alpha value is -0.800. The molecular formula is C13H22N2O. The quantitative estimate of drug-likeness (QED) is 0.730. The van der Waals surface area contributed by atoms with Gasteiger partial charge in [-0.3, -0.25) is 0 Å². The summed E-state index contributed by atoms with van der Waals surface area (Å²) >= 11 is 0. The van der Waals surface area contributed by atoms with Gasteiger partial charge >= 0.3 is 0 Å². The number of rotatable bonds is 4. The van der Waals surface area contributed by atoms with Crippen molar-refractivity contribution in [2.45, 2.75) is 44.8 Å². The fraction of sp³-hybridized carbons (Fsp3) is 0.692. The van der Waals surface area contributed by atoms with Gasteiger partial charge in [-0.15, -0.1) is 0 Å². The van der Waals surface area contributed by atoms with Crippen LogP contribution in [0.1, 0.15) is 38.3 Å². The summed E-state index contributed by atoms with van der Waals surface area (Å²) in [6.45, 7) is 3.75. The van der Waals surface area contributed by atoms with E-state index in [4.69, 9.17) is 0 Å². The summed E-state index contributed by atoms with van der Waals surface area (Å²) in [7, 11) is 0. The minimum atomic E-state index is -0.482. The second-order valence-corrected chi connectivity index (χ2v) is 5.22. The van der Waals surface area contributed by atoms with Gasteiger partial charge in [-0.2, -0.15) is 0 Å². The van der Waals surface area contributed by atoms with Gasteiger partial charge in [0.1, 0.15) is 0 Å². The van der Waals surface area contributed by atoms with Crippen LogP contribution in [-0.4, -0.2) is 22.2 Å². The summed E-state index contributed by atoms with van der Waals surface area (Å²) in [4.78, 5) is 3.15. The highest BCUT2D eigenvalue weighted by Crippen LogP contribution is 2.31. The lowest BCUT2D eigenvalue weighted by molar-refractivity contribution is -0.0119. The van der Waals surface area contributed by atoms with E-state index in [9.17, 15) is 5.11 Å². The standard InChI is InChI=1S/C13H22N2O/c1-11-4-2-6-13(16,8-11)10-14-9-12-5-3-7-15-12/h3,5,7,11,14-16H,2,4,6,8-10H2,1H3. The maximum atomic E-state index is 10.4. The average Bonchev–Trinajstić information content (AvgIpc) is 2.69. The molecule has 1 aliphatic rings. The van der Waals surface area contributed by atoms with E-state index >= 15 is 0 Å². The molecule has 1 aliphatic carbocycles. The van der Waals surface area contributed by atoms with Crippen LogP contribution in [0, 0.1) is 5.92 Å². The molecule has 3 nitrogen and oxygen atoms in total. The molecule has 0 amide bonds. The van der Waals surface area contributed by atoms with Gasteiger partial charge in [0.25, 0.3) is 0 Å². The molecule has 2 unspecified atom stereocenters. The van der Waals surface area contributed by atoms with Crippen molar-refractivity contribution in [1.29, 1.82) is 0 Å². The molecule has 0 bridgehead atoms. The van der Waals surface area contributed by atoms with Crippen molar-refractivity contribution < 1.29 is 5.11 Å². The lowest BCUT2D eigenvalue weighted by Gasteiger charge is -2.35. The van der Waals surface area contributed by atoms with E-state index in [0.717, 1.165) is 25.8 Å². The van der Waals surface area contributed by atoms with Crippen LogP contribution in [-0.2, 0) is 6.54 Å². The molecule has 0 radical (unpaired) electrons. The van der Waals surface area contributed by atoms with E-state index in [1.807, 2.05) is 12.3 Å². The van der Waals surface area contributed by atoms with Gasteiger partial charge in [0.2, 0.25) is 0 Å². The molecule has 0 saturated heterocycles. The van der Waals surface area contributed by atoms with Crippen LogP contribution in [0.3, 0.4) is 0 Å². The molecule has 1 saturated carbocycles. The van der Waals surface area contributed by atoms with E-state index in [1.54, 1.807) is 0 Å². The summed E-state index contributed by atoms with van der Waals surface area (Å²) in [5, 5.41) is 13.7. The largest absolute Gasteiger partial charge is 0.389 e. The van der Waals surface area contributed by atoms with Crippen molar-refractivity contribution in [2.75, 3.05) is 6.54 Å². The Kier molecular flexibility index (Phi) is 3.66. The Morgan fingerprint density at radius 2 is 2.50 bits per heavy atom. The molecule has 2 atom stereocenters. The van der Waals surface area contributed by atoms with Crippen LogP contribution >= 0.6 is 0 Å². The lowest BCUT2D eigenvalue weighted by Crippen LogP contribution is -2.43. The zero-order valence-corrected chi connectivity index (χ0v) is 10.00. The Bertz CT molecular complexity index is 310. The van der Waals surface area contributed by atoms with E-state index in [0.29, 0.717) is 12.5 Å². The third-order valence-electron chi connectivity index (χ3n) is 3.50. The van der Waals surface area contributed by atoms with Crippen molar-refractivity contribution in [3.8, 4) is 0 Å². The molecular weight excluding hydrogens is 200 g/mol. The van der Waals surface area contributed by atoms with Crippen molar-refractivity contribution >= 4 is 0 Å². The Labute approximate surface area is 97.3 Å². The van der Waals surface area contributed by atoms with Gasteiger partial charge in [-0.1, -0.05) is 19.8 Å². The molecule has 1 aromatic heterocycles. The summed E-state index contributed by atoms with van der Waals surface area (Å²) in [5.74, 6) is 0.658. The van der Waals surface area contributed by atoms with Crippen molar-refractivity contribution in [3.05, 3.63) is 24.0 Å². The maximum absolute atomic E-state index is 10.4. The summed E-state index contributed by atoms with van der Waals surface area (Å²) in [6.07, 6.45) is 6.22. The van der Waals surface area contributed by atoms with Gasteiger partial charge in [0.15, 0.2) is 0 Å². The number of aliphatic hydroxyl groups is 1.